The summed E-state index contributed by atoms with van der Waals surface area (Å²) < 4.78 is 35.5. The molecule has 8 heavy (non-hydrogen) atoms. The van der Waals surface area contributed by atoms with Crippen LogP contribution in [0.15, 0.2) is 12.5 Å². The Morgan fingerprint density at radius 2 is 1.88 bits per heavy atom. The maximum atomic E-state index is 10.9. The van der Waals surface area contributed by atoms with E-state index in [4.69, 9.17) is 5.11 Å². The van der Waals surface area contributed by atoms with Crippen molar-refractivity contribution in [2.24, 2.45) is 0 Å². The summed E-state index contributed by atoms with van der Waals surface area (Å²) in [7, 11) is 0. The standard InChI is InChI=1S/C3H3F3O2/c4-3(5,6)8-2-1-7/h1-2,7H. The van der Waals surface area contributed by atoms with Gasteiger partial charge in [0.1, 0.15) is 12.5 Å². The number of rotatable bonds is 1. The Kier molecular flexibility index (Phi) is 2.18. The van der Waals surface area contributed by atoms with Crippen molar-refractivity contribution in [3.05, 3.63) is 12.5 Å². The quantitative estimate of drug-likeness (QED) is 0.543. The first kappa shape index (κ1) is 7.13. The van der Waals surface area contributed by atoms with Gasteiger partial charge in [-0.2, -0.15) is 0 Å². The van der Waals surface area contributed by atoms with Gasteiger partial charge in [-0.05, 0) is 0 Å². The third-order valence-corrected chi connectivity index (χ3v) is 0.263. The number of aliphatic hydroxyl groups is 1. The highest BCUT2D eigenvalue weighted by Gasteiger charge is 2.28. The molecule has 0 bridgehead atoms. The second-order valence-corrected chi connectivity index (χ2v) is 0.849. The van der Waals surface area contributed by atoms with Crippen molar-refractivity contribution in [2.45, 2.75) is 6.36 Å². The van der Waals surface area contributed by atoms with Gasteiger partial charge in [-0.15, -0.1) is 13.2 Å². The molecule has 0 fully saturated rings. The van der Waals surface area contributed by atoms with E-state index in [1.807, 2.05) is 0 Å². The average Bonchev–Trinajstić information content (AvgIpc) is 1.59. The molecular weight excluding hydrogens is 125 g/mol. The summed E-state index contributed by atoms with van der Waals surface area (Å²) in [5.41, 5.74) is 0. The lowest BCUT2D eigenvalue weighted by molar-refractivity contribution is -0.298. The molecule has 0 amide bonds. The van der Waals surface area contributed by atoms with Gasteiger partial charge in [0.15, 0.2) is 0 Å². The van der Waals surface area contributed by atoms with Gasteiger partial charge < -0.3 is 9.84 Å². The lowest BCUT2D eigenvalue weighted by Crippen LogP contribution is -2.08. The molecular formula is C3H3F3O2. The normalized spacial score (nSPS) is 12.4. The van der Waals surface area contributed by atoms with Crippen LogP contribution in [-0.4, -0.2) is 11.5 Å². The first-order valence-corrected chi connectivity index (χ1v) is 1.60. The van der Waals surface area contributed by atoms with Crippen molar-refractivity contribution >= 4 is 0 Å². The van der Waals surface area contributed by atoms with Gasteiger partial charge in [-0.3, -0.25) is 0 Å². The predicted octanol–water partition coefficient (Wildman–Crippen LogP) is 1.55. The minimum absolute atomic E-state index is 0.139. The zero-order chi connectivity index (χ0) is 6.62. The number of ether oxygens (including phenoxy) is 1. The van der Waals surface area contributed by atoms with Crippen molar-refractivity contribution < 1.29 is 23.0 Å². The summed E-state index contributed by atoms with van der Waals surface area (Å²) >= 11 is 0. The Balaban J connectivity index is 3.39. The lowest BCUT2D eigenvalue weighted by atomic mass is 11.0. The fraction of sp³-hybridized carbons (Fsp3) is 0.333. The first-order valence-electron chi connectivity index (χ1n) is 1.60. The van der Waals surface area contributed by atoms with E-state index in [-0.39, 0.29) is 12.5 Å². The SMILES string of the molecule is OC=COC(F)(F)F. The Morgan fingerprint density at radius 3 is 2.00 bits per heavy atom. The van der Waals surface area contributed by atoms with Gasteiger partial charge in [-0.1, -0.05) is 0 Å². The fourth-order valence-electron chi connectivity index (χ4n) is 0.108. The van der Waals surface area contributed by atoms with Crippen LogP contribution in [0, 0.1) is 0 Å². The number of halogens is 3. The Morgan fingerprint density at radius 1 is 1.38 bits per heavy atom. The van der Waals surface area contributed by atoms with Crippen LogP contribution in [0.5, 0.6) is 0 Å². The largest absolute Gasteiger partial charge is 0.572 e. The highest BCUT2D eigenvalue weighted by atomic mass is 19.4. The van der Waals surface area contributed by atoms with E-state index in [0.29, 0.717) is 0 Å². The van der Waals surface area contributed by atoms with Crippen LogP contribution in [0.3, 0.4) is 0 Å². The molecule has 0 aromatic heterocycles. The molecule has 0 aromatic rings. The fourth-order valence-corrected chi connectivity index (χ4v) is 0.108. The predicted molar refractivity (Wildman–Crippen MR) is 18.9 cm³/mol. The van der Waals surface area contributed by atoms with E-state index in [1.165, 1.54) is 0 Å². The van der Waals surface area contributed by atoms with Crippen LogP contribution in [0.4, 0.5) is 13.2 Å². The van der Waals surface area contributed by atoms with Crippen LogP contribution in [0.1, 0.15) is 0 Å². The lowest BCUT2D eigenvalue weighted by Gasteiger charge is -2.00. The number of hydrogen-bond donors (Lipinski definition) is 1. The van der Waals surface area contributed by atoms with E-state index in [2.05, 4.69) is 4.74 Å². The summed E-state index contributed by atoms with van der Waals surface area (Å²) in [6.45, 7) is 0. The Hall–Kier alpha value is -0.870. The van der Waals surface area contributed by atoms with Crippen molar-refractivity contribution in [1.82, 2.24) is 0 Å². The maximum Gasteiger partial charge on any atom is 0.572 e. The van der Waals surface area contributed by atoms with Crippen molar-refractivity contribution in [1.29, 1.82) is 0 Å². The molecule has 0 spiro atoms. The number of hydrogen-bond acceptors (Lipinski definition) is 2. The summed E-state index contributed by atoms with van der Waals surface area (Å²) in [6, 6.07) is 0. The molecule has 0 aliphatic heterocycles. The molecule has 48 valence electrons. The molecule has 0 aliphatic rings. The number of alkyl halides is 3. The zero-order valence-corrected chi connectivity index (χ0v) is 3.64. The highest BCUT2D eigenvalue weighted by Crippen LogP contribution is 2.15. The third-order valence-electron chi connectivity index (χ3n) is 0.263. The molecule has 1 N–H and O–H groups in total. The first-order chi connectivity index (χ1) is 3.56. The van der Waals surface area contributed by atoms with E-state index in [1.54, 1.807) is 0 Å². The van der Waals surface area contributed by atoms with E-state index < -0.39 is 6.36 Å². The second kappa shape index (κ2) is 2.44. The van der Waals surface area contributed by atoms with E-state index in [9.17, 15) is 13.2 Å². The monoisotopic (exact) mass is 128 g/mol. The summed E-state index contributed by atoms with van der Waals surface area (Å²) in [5.74, 6) is 0. The Labute approximate surface area is 43.2 Å². The molecule has 0 aliphatic carbocycles. The maximum absolute atomic E-state index is 10.9. The van der Waals surface area contributed by atoms with Crippen LogP contribution >= 0.6 is 0 Å². The summed E-state index contributed by atoms with van der Waals surface area (Å²) in [5, 5.41) is 7.62. The van der Waals surface area contributed by atoms with Gasteiger partial charge in [0.25, 0.3) is 0 Å². The van der Waals surface area contributed by atoms with Gasteiger partial charge in [0.2, 0.25) is 0 Å². The average molecular weight is 128 g/mol. The highest BCUT2D eigenvalue weighted by molar-refractivity contribution is 4.56. The molecule has 0 heterocycles. The van der Waals surface area contributed by atoms with Crippen LogP contribution in [0.25, 0.3) is 0 Å². The van der Waals surface area contributed by atoms with E-state index >= 15 is 0 Å². The van der Waals surface area contributed by atoms with Crippen molar-refractivity contribution in [2.75, 3.05) is 0 Å². The van der Waals surface area contributed by atoms with Crippen LogP contribution < -0.4 is 0 Å². The molecule has 0 radical (unpaired) electrons. The molecule has 0 saturated carbocycles. The summed E-state index contributed by atoms with van der Waals surface area (Å²) in [4.78, 5) is 0. The molecule has 0 rings (SSSR count). The van der Waals surface area contributed by atoms with Gasteiger partial charge in [0, 0.05) is 0 Å². The molecule has 2 nitrogen and oxygen atoms in total. The smallest absolute Gasteiger partial charge is 0.512 e. The van der Waals surface area contributed by atoms with Crippen LogP contribution in [0.2, 0.25) is 0 Å². The molecule has 0 atom stereocenters. The second-order valence-electron chi connectivity index (χ2n) is 0.849. The molecule has 0 unspecified atom stereocenters. The summed E-state index contributed by atoms with van der Waals surface area (Å²) in [6.07, 6.45) is -4.40. The van der Waals surface area contributed by atoms with Gasteiger partial charge >= 0.3 is 6.36 Å². The molecule has 0 aromatic carbocycles. The Bertz CT molecular complexity index is 85.0. The van der Waals surface area contributed by atoms with Gasteiger partial charge in [-0.25, -0.2) is 0 Å². The van der Waals surface area contributed by atoms with Crippen LogP contribution in [-0.2, 0) is 4.74 Å². The minimum Gasteiger partial charge on any atom is -0.512 e. The minimum atomic E-state index is -4.70. The van der Waals surface area contributed by atoms with Gasteiger partial charge in [0.05, 0.1) is 0 Å². The van der Waals surface area contributed by atoms with Crippen molar-refractivity contribution in [3.63, 3.8) is 0 Å². The van der Waals surface area contributed by atoms with Crippen molar-refractivity contribution in [3.8, 4) is 0 Å². The molecule has 5 heteroatoms. The zero-order valence-electron chi connectivity index (χ0n) is 3.64. The molecule has 0 saturated heterocycles. The topological polar surface area (TPSA) is 29.5 Å². The third kappa shape index (κ3) is 5.13. The van der Waals surface area contributed by atoms with E-state index in [0.717, 1.165) is 0 Å². The number of aliphatic hydroxyl groups excluding tert-OH is 1.